The van der Waals surface area contributed by atoms with Gasteiger partial charge in [0, 0.05) is 31.2 Å². The zero-order valence-corrected chi connectivity index (χ0v) is 12.9. The Hall–Kier alpha value is -1.10. The molecule has 1 heterocycles. The third-order valence-corrected chi connectivity index (χ3v) is 4.21. The van der Waals surface area contributed by atoms with Gasteiger partial charge in [-0.15, -0.1) is 0 Å². The van der Waals surface area contributed by atoms with Crippen LogP contribution in [0.25, 0.3) is 0 Å². The molecule has 2 rings (SSSR count). The Morgan fingerprint density at radius 3 is 2.85 bits per heavy atom. The second-order valence-corrected chi connectivity index (χ2v) is 5.82. The molecule has 1 aliphatic rings. The number of nitrogens with zero attached hydrogens (tertiary/aromatic N) is 2. The van der Waals surface area contributed by atoms with Crippen molar-refractivity contribution in [2.45, 2.75) is 32.0 Å². The van der Waals surface area contributed by atoms with Crippen LogP contribution in [-0.2, 0) is 13.1 Å². The summed E-state index contributed by atoms with van der Waals surface area (Å²) in [5.41, 5.74) is 8.11. The molecule has 1 fully saturated rings. The SMILES string of the molecule is COc1ccc(CN)cc1CN(C)CC1CCCN1C. The van der Waals surface area contributed by atoms with Crippen molar-refractivity contribution in [1.82, 2.24) is 9.80 Å². The first kappa shape index (κ1) is 15.3. The maximum absolute atomic E-state index is 5.73. The zero-order chi connectivity index (χ0) is 14.5. The van der Waals surface area contributed by atoms with E-state index in [4.69, 9.17) is 10.5 Å². The van der Waals surface area contributed by atoms with Gasteiger partial charge in [0.05, 0.1) is 7.11 Å². The molecule has 4 nitrogen and oxygen atoms in total. The van der Waals surface area contributed by atoms with Crippen LogP contribution in [-0.4, -0.2) is 50.1 Å². The van der Waals surface area contributed by atoms with E-state index >= 15 is 0 Å². The number of nitrogens with two attached hydrogens (primary N) is 1. The number of rotatable bonds is 6. The molecule has 1 unspecified atom stereocenters. The fourth-order valence-corrected chi connectivity index (χ4v) is 3.01. The molecule has 0 bridgehead atoms. The van der Waals surface area contributed by atoms with E-state index in [2.05, 4.69) is 30.0 Å². The van der Waals surface area contributed by atoms with E-state index in [1.165, 1.54) is 24.9 Å². The molecule has 1 aromatic rings. The number of likely N-dealkylation sites (N-methyl/N-ethyl adjacent to an activating group) is 2. The second-order valence-electron chi connectivity index (χ2n) is 5.82. The van der Waals surface area contributed by atoms with Crippen LogP contribution >= 0.6 is 0 Å². The minimum atomic E-state index is 0.575. The molecule has 0 radical (unpaired) electrons. The number of hydrogen-bond donors (Lipinski definition) is 1. The first-order valence-corrected chi connectivity index (χ1v) is 7.38. The number of ether oxygens (including phenoxy) is 1. The lowest BCUT2D eigenvalue weighted by atomic mass is 10.1. The highest BCUT2D eigenvalue weighted by Gasteiger charge is 2.22. The highest BCUT2D eigenvalue weighted by atomic mass is 16.5. The van der Waals surface area contributed by atoms with Crippen molar-refractivity contribution in [3.63, 3.8) is 0 Å². The zero-order valence-electron chi connectivity index (χ0n) is 12.9. The Kier molecular flexibility index (Phi) is 5.40. The Balaban J connectivity index is 2.00. The fourth-order valence-electron chi connectivity index (χ4n) is 3.01. The van der Waals surface area contributed by atoms with Gasteiger partial charge in [0.2, 0.25) is 0 Å². The van der Waals surface area contributed by atoms with Gasteiger partial charge in [0.25, 0.3) is 0 Å². The molecule has 4 heteroatoms. The summed E-state index contributed by atoms with van der Waals surface area (Å²) in [5.74, 6) is 0.953. The van der Waals surface area contributed by atoms with Crippen LogP contribution in [0.5, 0.6) is 5.75 Å². The summed E-state index contributed by atoms with van der Waals surface area (Å²) >= 11 is 0. The Bertz CT molecular complexity index is 436. The molecule has 0 spiro atoms. The monoisotopic (exact) mass is 277 g/mol. The molecule has 1 atom stereocenters. The molecule has 1 aliphatic heterocycles. The summed E-state index contributed by atoms with van der Waals surface area (Å²) < 4.78 is 5.46. The highest BCUT2D eigenvalue weighted by Crippen LogP contribution is 2.22. The molecule has 1 aromatic carbocycles. The smallest absolute Gasteiger partial charge is 0.123 e. The van der Waals surface area contributed by atoms with Gasteiger partial charge in [0.15, 0.2) is 0 Å². The van der Waals surface area contributed by atoms with E-state index in [1.807, 2.05) is 12.1 Å². The van der Waals surface area contributed by atoms with Gasteiger partial charge in [-0.3, -0.25) is 0 Å². The van der Waals surface area contributed by atoms with Gasteiger partial charge >= 0.3 is 0 Å². The summed E-state index contributed by atoms with van der Waals surface area (Å²) in [6.45, 7) is 3.81. The molecule has 0 saturated carbocycles. The number of likely N-dealkylation sites (tertiary alicyclic amines) is 1. The van der Waals surface area contributed by atoms with E-state index in [9.17, 15) is 0 Å². The Morgan fingerprint density at radius 2 is 2.25 bits per heavy atom. The predicted molar refractivity (Wildman–Crippen MR) is 82.9 cm³/mol. The predicted octanol–water partition coefficient (Wildman–Crippen LogP) is 1.68. The molecule has 2 N–H and O–H groups in total. The lowest BCUT2D eigenvalue weighted by Crippen LogP contribution is -2.36. The van der Waals surface area contributed by atoms with Crippen molar-refractivity contribution in [2.24, 2.45) is 5.73 Å². The second kappa shape index (κ2) is 7.07. The minimum Gasteiger partial charge on any atom is -0.496 e. The van der Waals surface area contributed by atoms with Crippen molar-refractivity contribution in [3.8, 4) is 5.75 Å². The van der Waals surface area contributed by atoms with Crippen LogP contribution in [0.4, 0.5) is 0 Å². The summed E-state index contributed by atoms with van der Waals surface area (Å²) in [6, 6.07) is 6.90. The maximum atomic E-state index is 5.73. The highest BCUT2D eigenvalue weighted by molar-refractivity contribution is 5.37. The van der Waals surface area contributed by atoms with Crippen molar-refractivity contribution >= 4 is 0 Å². The summed E-state index contributed by atoms with van der Waals surface area (Å²) in [4.78, 5) is 4.84. The van der Waals surface area contributed by atoms with Crippen LogP contribution in [0, 0.1) is 0 Å². The third kappa shape index (κ3) is 3.72. The van der Waals surface area contributed by atoms with E-state index in [1.54, 1.807) is 7.11 Å². The number of methoxy groups -OCH3 is 1. The average Bonchev–Trinajstić information content (AvgIpc) is 2.84. The van der Waals surface area contributed by atoms with Gasteiger partial charge in [-0.2, -0.15) is 0 Å². The van der Waals surface area contributed by atoms with Crippen LogP contribution in [0.3, 0.4) is 0 Å². The third-order valence-electron chi connectivity index (χ3n) is 4.21. The largest absolute Gasteiger partial charge is 0.496 e. The molecule has 0 amide bonds. The first-order valence-electron chi connectivity index (χ1n) is 7.38. The van der Waals surface area contributed by atoms with Gasteiger partial charge in [-0.1, -0.05) is 6.07 Å². The van der Waals surface area contributed by atoms with E-state index < -0.39 is 0 Å². The Labute approximate surface area is 122 Å². The molecular formula is C16H27N3O. The first-order chi connectivity index (χ1) is 9.63. The van der Waals surface area contributed by atoms with Crippen molar-refractivity contribution < 1.29 is 4.74 Å². The number of benzene rings is 1. The quantitative estimate of drug-likeness (QED) is 0.859. The van der Waals surface area contributed by atoms with Gasteiger partial charge in [0.1, 0.15) is 5.75 Å². The molecule has 1 saturated heterocycles. The summed E-state index contributed by atoms with van der Waals surface area (Å²) in [5, 5.41) is 0. The van der Waals surface area contributed by atoms with Gasteiger partial charge in [-0.05, 0) is 51.2 Å². The van der Waals surface area contributed by atoms with E-state index in [0.29, 0.717) is 12.6 Å². The summed E-state index contributed by atoms with van der Waals surface area (Å²) in [7, 11) is 6.13. The van der Waals surface area contributed by atoms with Crippen molar-refractivity contribution in [1.29, 1.82) is 0 Å². The van der Waals surface area contributed by atoms with Crippen molar-refractivity contribution in [3.05, 3.63) is 29.3 Å². The topological polar surface area (TPSA) is 41.7 Å². The molecule has 112 valence electrons. The fraction of sp³-hybridized carbons (Fsp3) is 0.625. The van der Waals surface area contributed by atoms with Gasteiger partial charge in [-0.25, -0.2) is 0 Å². The maximum Gasteiger partial charge on any atom is 0.123 e. The molecule has 20 heavy (non-hydrogen) atoms. The normalized spacial score (nSPS) is 19.8. The van der Waals surface area contributed by atoms with E-state index in [0.717, 1.165) is 24.4 Å². The van der Waals surface area contributed by atoms with Crippen LogP contribution in [0.1, 0.15) is 24.0 Å². The van der Waals surface area contributed by atoms with Crippen LogP contribution < -0.4 is 10.5 Å². The standard InChI is InChI=1S/C16H27N3O/c1-18(12-15-5-4-8-19(15)2)11-14-9-13(10-17)6-7-16(14)20-3/h6-7,9,15H,4-5,8,10-12,17H2,1-3H3. The molecule has 0 aromatic heterocycles. The number of hydrogen-bond acceptors (Lipinski definition) is 4. The van der Waals surface area contributed by atoms with E-state index in [-0.39, 0.29) is 0 Å². The molecule has 0 aliphatic carbocycles. The molecular weight excluding hydrogens is 250 g/mol. The lowest BCUT2D eigenvalue weighted by Gasteiger charge is -2.26. The minimum absolute atomic E-state index is 0.575. The average molecular weight is 277 g/mol. The lowest BCUT2D eigenvalue weighted by molar-refractivity contribution is 0.214. The van der Waals surface area contributed by atoms with Crippen LogP contribution in [0.15, 0.2) is 18.2 Å². The van der Waals surface area contributed by atoms with Crippen LogP contribution in [0.2, 0.25) is 0 Å². The summed E-state index contributed by atoms with van der Waals surface area (Å²) in [6.07, 6.45) is 2.63. The van der Waals surface area contributed by atoms with Crippen molar-refractivity contribution in [2.75, 3.05) is 34.3 Å². The Morgan fingerprint density at radius 1 is 1.45 bits per heavy atom. The van der Waals surface area contributed by atoms with Gasteiger partial charge < -0.3 is 20.3 Å².